The van der Waals surface area contributed by atoms with Crippen molar-refractivity contribution in [2.45, 2.75) is 13.2 Å². The Hall–Kier alpha value is -1.58. The molecular formula is C14H12ClFO2. The van der Waals surface area contributed by atoms with E-state index in [0.717, 1.165) is 5.56 Å². The zero-order chi connectivity index (χ0) is 13.0. The molecule has 0 heterocycles. The van der Waals surface area contributed by atoms with Crippen LogP contribution in [0.5, 0.6) is 5.75 Å². The minimum Gasteiger partial charge on any atom is -0.488 e. The van der Waals surface area contributed by atoms with Gasteiger partial charge in [-0.2, -0.15) is 0 Å². The van der Waals surface area contributed by atoms with Gasteiger partial charge in [-0.05, 0) is 29.8 Å². The molecule has 0 bridgehead atoms. The highest BCUT2D eigenvalue weighted by molar-refractivity contribution is 6.31. The summed E-state index contributed by atoms with van der Waals surface area (Å²) in [6.07, 6.45) is 0. The molecule has 0 amide bonds. The van der Waals surface area contributed by atoms with Crippen LogP contribution in [0.15, 0.2) is 42.5 Å². The van der Waals surface area contributed by atoms with Gasteiger partial charge in [-0.25, -0.2) is 4.39 Å². The highest BCUT2D eigenvalue weighted by Crippen LogP contribution is 2.27. The standard InChI is InChI=1S/C14H12ClFO2/c15-13-5-2-6-14(12(13)8-17)18-9-10-3-1-4-11(16)7-10/h1-7,17H,8-9H2. The van der Waals surface area contributed by atoms with Crippen LogP contribution in [-0.4, -0.2) is 5.11 Å². The summed E-state index contributed by atoms with van der Waals surface area (Å²) in [6, 6.07) is 11.3. The van der Waals surface area contributed by atoms with Gasteiger partial charge in [0.2, 0.25) is 0 Å². The zero-order valence-corrected chi connectivity index (χ0v) is 10.3. The van der Waals surface area contributed by atoms with E-state index in [4.69, 9.17) is 16.3 Å². The summed E-state index contributed by atoms with van der Waals surface area (Å²) in [6.45, 7) is 0.0310. The maximum absolute atomic E-state index is 13.0. The summed E-state index contributed by atoms with van der Waals surface area (Å²) in [5, 5.41) is 9.67. The molecule has 0 aromatic heterocycles. The summed E-state index contributed by atoms with van der Waals surface area (Å²) in [5.74, 6) is 0.207. The summed E-state index contributed by atoms with van der Waals surface area (Å²) < 4.78 is 18.5. The van der Waals surface area contributed by atoms with Gasteiger partial charge in [0.1, 0.15) is 18.2 Å². The number of aliphatic hydroxyl groups is 1. The van der Waals surface area contributed by atoms with E-state index < -0.39 is 0 Å². The number of aliphatic hydroxyl groups excluding tert-OH is 1. The number of rotatable bonds is 4. The van der Waals surface area contributed by atoms with E-state index in [-0.39, 0.29) is 19.0 Å². The predicted octanol–water partition coefficient (Wildman–Crippen LogP) is 3.55. The highest BCUT2D eigenvalue weighted by atomic mass is 35.5. The molecule has 0 aliphatic carbocycles. The van der Waals surface area contributed by atoms with Gasteiger partial charge >= 0.3 is 0 Å². The van der Waals surface area contributed by atoms with Crippen molar-refractivity contribution in [1.29, 1.82) is 0 Å². The van der Waals surface area contributed by atoms with Crippen molar-refractivity contribution in [2.75, 3.05) is 0 Å². The van der Waals surface area contributed by atoms with Gasteiger partial charge in [-0.3, -0.25) is 0 Å². The third kappa shape index (κ3) is 3.00. The third-order valence-corrected chi connectivity index (χ3v) is 2.87. The lowest BCUT2D eigenvalue weighted by atomic mass is 10.2. The Morgan fingerprint density at radius 3 is 2.67 bits per heavy atom. The number of benzene rings is 2. The fraction of sp³-hybridized carbons (Fsp3) is 0.143. The van der Waals surface area contributed by atoms with Gasteiger partial charge < -0.3 is 9.84 Å². The largest absolute Gasteiger partial charge is 0.488 e. The quantitative estimate of drug-likeness (QED) is 0.917. The molecule has 2 nitrogen and oxygen atoms in total. The molecule has 18 heavy (non-hydrogen) atoms. The molecule has 0 atom stereocenters. The minimum absolute atomic E-state index is 0.196. The van der Waals surface area contributed by atoms with Crippen molar-refractivity contribution in [3.05, 3.63) is 64.4 Å². The number of ether oxygens (including phenoxy) is 1. The first-order chi connectivity index (χ1) is 8.70. The van der Waals surface area contributed by atoms with Gasteiger partial charge in [-0.1, -0.05) is 29.8 Å². The first kappa shape index (κ1) is 12.9. The molecule has 94 valence electrons. The van der Waals surface area contributed by atoms with Gasteiger partial charge in [0.25, 0.3) is 0 Å². The van der Waals surface area contributed by atoms with Crippen molar-refractivity contribution in [3.8, 4) is 5.75 Å². The van der Waals surface area contributed by atoms with Crippen LogP contribution in [0.4, 0.5) is 4.39 Å². The monoisotopic (exact) mass is 266 g/mol. The van der Waals surface area contributed by atoms with E-state index in [2.05, 4.69) is 0 Å². The Morgan fingerprint density at radius 1 is 1.17 bits per heavy atom. The molecule has 0 fully saturated rings. The van der Waals surface area contributed by atoms with Gasteiger partial charge in [0, 0.05) is 10.6 Å². The van der Waals surface area contributed by atoms with Gasteiger partial charge in [0.15, 0.2) is 0 Å². The Kier molecular flexibility index (Phi) is 4.18. The van der Waals surface area contributed by atoms with Crippen molar-refractivity contribution in [1.82, 2.24) is 0 Å². The smallest absolute Gasteiger partial charge is 0.126 e. The van der Waals surface area contributed by atoms with Crippen LogP contribution in [0.1, 0.15) is 11.1 Å². The van der Waals surface area contributed by atoms with Crippen LogP contribution in [-0.2, 0) is 13.2 Å². The van der Waals surface area contributed by atoms with E-state index in [1.165, 1.54) is 12.1 Å². The number of hydrogen-bond donors (Lipinski definition) is 1. The summed E-state index contributed by atoms with van der Waals surface area (Å²) in [7, 11) is 0. The fourth-order valence-corrected chi connectivity index (χ4v) is 1.84. The van der Waals surface area contributed by atoms with E-state index in [0.29, 0.717) is 16.3 Å². The van der Waals surface area contributed by atoms with E-state index in [1.807, 2.05) is 0 Å². The van der Waals surface area contributed by atoms with Crippen molar-refractivity contribution >= 4 is 11.6 Å². The van der Waals surface area contributed by atoms with Crippen LogP contribution in [0, 0.1) is 5.82 Å². The third-order valence-electron chi connectivity index (χ3n) is 2.52. The first-order valence-corrected chi connectivity index (χ1v) is 5.84. The van der Waals surface area contributed by atoms with Gasteiger partial charge in [0.05, 0.1) is 6.61 Å². The molecule has 0 unspecified atom stereocenters. The summed E-state index contributed by atoms with van der Waals surface area (Å²) >= 11 is 5.94. The molecular weight excluding hydrogens is 255 g/mol. The molecule has 0 saturated heterocycles. The van der Waals surface area contributed by atoms with E-state index in [9.17, 15) is 9.50 Å². The molecule has 2 aromatic rings. The second-order valence-electron chi connectivity index (χ2n) is 3.79. The maximum Gasteiger partial charge on any atom is 0.126 e. The average molecular weight is 267 g/mol. The molecule has 2 rings (SSSR count). The SMILES string of the molecule is OCc1c(Cl)cccc1OCc1cccc(F)c1. The van der Waals surface area contributed by atoms with Crippen LogP contribution >= 0.6 is 11.6 Å². The predicted molar refractivity (Wildman–Crippen MR) is 68.1 cm³/mol. The zero-order valence-electron chi connectivity index (χ0n) is 9.57. The molecule has 0 aliphatic rings. The normalized spacial score (nSPS) is 10.4. The first-order valence-electron chi connectivity index (χ1n) is 5.46. The minimum atomic E-state index is -0.301. The summed E-state index contributed by atoms with van der Waals surface area (Å²) in [5.41, 5.74) is 1.26. The molecule has 0 saturated carbocycles. The van der Waals surface area contributed by atoms with Crippen LogP contribution in [0.3, 0.4) is 0 Å². The number of halogens is 2. The second kappa shape index (κ2) is 5.85. The van der Waals surface area contributed by atoms with E-state index in [1.54, 1.807) is 30.3 Å². The Morgan fingerprint density at radius 2 is 1.94 bits per heavy atom. The van der Waals surface area contributed by atoms with Crippen LogP contribution in [0.2, 0.25) is 5.02 Å². The number of hydrogen-bond acceptors (Lipinski definition) is 2. The molecule has 1 N–H and O–H groups in total. The second-order valence-corrected chi connectivity index (χ2v) is 4.20. The van der Waals surface area contributed by atoms with E-state index >= 15 is 0 Å². The van der Waals surface area contributed by atoms with Crippen molar-refractivity contribution in [3.63, 3.8) is 0 Å². The van der Waals surface area contributed by atoms with Crippen LogP contribution in [0.25, 0.3) is 0 Å². The molecule has 2 aromatic carbocycles. The Labute approximate surface area is 110 Å². The lowest BCUT2D eigenvalue weighted by Gasteiger charge is -2.11. The Bertz CT molecular complexity index is 543. The fourth-order valence-electron chi connectivity index (χ4n) is 1.62. The average Bonchev–Trinajstić information content (AvgIpc) is 2.36. The molecule has 0 spiro atoms. The molecule has 0 radical (unpaired) electrons. The highest BCUT2D eigenvalue weighted by Gasteiger charge is 2.07. The van der Waals surface area contributed by atoms with Crippen molar-refractivity contribution < 1.29 is 14.2 Å². The Balaban J connectivity index is 2.13. The lowest BCUT2D eigenvalue weighted by Crippen LogP contribution is -1.99. The topological polar surface area (TPSA) is 29.5 Å². The lowest BCUT2D eigenvalue weighted by molar-refractivity contribution is 0.259. The summed E-state index contributed by atoms with van der Waals surface area (Å²) in [4.78, 5) is 0. The maximum atomic E-state index is 13.0. The van der Waals surface area contributed by atoms with Gasteiger partial charge in [-0.15, -0.1) is 0 Å². The molecule has 4 heteroatoms. The molecule has 0 aliphatic heterocycles. The van der Waals surface area contributed by atoms with Crippen LogP contribution < -0.4 is 4.74 Å². The van der Waals surface area contributed by atoms with Crippen molar-refractivity contribution in [2.24, 2.45) is 0 Å².